The zero-order chi connectivity index (χ0) is 20.8. The number of primary amides is 1. The van der Waals surface area contributed by atoms with Gasteiger partial charge in [0.15, 0.2) is 11.9 Å². The van der Waals surface area contributed by atoms with E-state index in [0.29, 0.717) is 0 Å². The Labute approximate surface area is 163 Å². The highest BCUT2D eigenvalue weighted by Crippen LogP contribution is 2.28. The van der Waals surface area contributed by atoms with Gasteiger partial charge in [0.25, 0.3) is 11.8 Å². The van der Waals surface area contributed by atoms with Crippen molar-refractivity contribution in [2.75, 3.05) is 11.9 Å². The van der Waals surface area contributed by atoms with Crippen LogP contribution >= 0.6 is 11.3 Å². The Morgan fingerprint density at radius 1 is 1.32 bits per heavy atom. The second-order valence-corrected chi connectivity index (χ2v) is 6.35. The number of amides is 2. The van der Waals surface area contributed by atoms with Gasteiger partial charge in [0.1, 0.15) is 5.00 Å². The van der Waals surface area contributed by atoms with Crippen LogP contribution in [0.15, 0.2) is 29.6 Å². The first kappa shape index (κ1) is 20.8. The zero-order valence-electron chi connectivity index (χ0n) is 15.0. The van der Waals surface area contributed by atoms with Crippen LogP contribution in [0.4, 0.5) is 10.7 Å². The first-order valence-electron chi connectivity index (χ1n) is 8.05. The number of benzene rings is 1. The van der Waals surface area contributed by atoms with E-state index in [9.17, 15) is 24.5 Å². The summed E-state index contributed by atoms with van der Waals surface area (Å²) < 4.78 is 10.2. The lowest BCUT2D eigenvalue weighted by Gasteiger charge is -2.13. The number of nitrogens with zero attached hydrogens (tertiary/aromatic N) is 1. The SMILES string of the molecule is CCOc1ccc(C(=O)OC(C)C(=O)Nc2sccc2C(N)=O)cc1[N+](=O)[O-]. The molecule has 0 saturated heterocycles. The van der Waals surface area contributed by atoms with Crippen molar-refractivity contribution in [2.45, 2.75) is 20.0 Å². The van der Waals surface area contributed by atoms with Gasteiger partial charge in [0, 0.05) is 6.07 Å². The van der Waals surface area contributed by atoms with E-state index >= 15 is 0 Å². The van der Waals surface area contributed by atoms with Gasteiger partial charge in [-0.1, -0.05) is 0 Å². The van der Waals surface area contributed by atoms with Gasteiger partial charge in [0.05, 0.1) is 22.7 Å². The molecule has 1 unspecified atom stereocenters. The average Bonchev–Trinajstić information content (AvgIpc) is 3.10. The monoisotopic (exact) mass is 407 g/mol. The highest BCUT2D eigenvalue weighted by molar-refractivity contribution is 7.14. The molecular weight excluding hydrogens is 390 g/mol. The van der Waals surface area contributed by atoms with Crippen molar-refractivity contribution in [2.24, 2.45) is 5.73 Å². The molecule has 0 saturated carbocycles. The summed E-state index contributed by atoms with van der Waals surface area (Å²) in [5, 5.41) is 15.4. The van der Waals surface area contributed by atoms with E-state index in [1.165, 1.54) is 25.1 Å². The fourth-order valence-corrected chi connectivity index (χ4v) is 2.96. The molecule has 28 heavy (non-hydrogen) atoms. The smallest absolute Gasteiger partial charge is 0.339 e. The summed E-state index contributed by atoms with van der Waals surface area (Å²) in [5.74, 6) is -2.29. The molecule has 0 aliphatic heterocycles. The number of ether oxygens (including phenoxy) is 2. The van der Waals surface area contributed by atoms with Crippen LogP contribution in [0.2, 0.25) is 0 Å². The topological polar surface area (TPSA) is 151 Å². The minimum Gasteiger partial charge on any atom is -0.487 e. The summed E-state index contributed by atoms with van der Waals surface area (Å²) in [6.07, 6.45) is -1.22. The number of nitrogens with one attached hydrogen (secondary N) is 1. The molecule has 1 heterocycles. The van der Waals surface area contributed by atoms with Crippen molar-refractivity contribution in [3.63, 3.8) is 0 Å². The third-order valence-electron chi connectivity index (χ3n) is 3.51. The summed E-state index contributed by atoms with van der Waals surface area (Å²) in [6.45, 7) is 3.22. The van der Waals surface area contributed by atoms with Gasteiger partial charge in [-0.3, -0.25) is 19.7 Å². The van der Waals surface area contributed by atoms with Gasteiger partial charge in [-0.25, -0.2) is 4.79 Å². The van der Waals surface area contributed by atoms with Gasteiger partial charge >= 0.3 is 11.7 Å². The predicted molar refractivity (Wildman–Crippen MR) is 101 cm³/mol. The van der Waals surface area contributed by atoms with E-state index in [1.54, 1.807) is 12.3 Å². The number of nitrogens with two attached hydrogens (primary N) is 1. The van der Waals surface area contributed by atoms with Crippen LogP contribution in [0.1, 0.15) is 34.6 Å². The first-order chi connectivity index (χ1) is 13.2. The summed E-state index contributed by atoms with van der Waals surface area (Å²) in [6, 6.07) is 5.06. The molecule has 0 fully saturated rings. The van der Waals surface area contributed by atoms with Gasteiger partial charge in [-0.05, 0) is 37.4 Å². The van der Waals surface area contributed by atoms with E-state index in [-0.39, 0.29) is 28.5 Å². The van der Waals surface area contributed by atoms with Crippen LogP contribution in [0, 0.1) is 10.1 Å². The number of anilines is 1. The van der Waals surface area contributed by atoms with E-state index in [4.69, 9.17) is 15.2 Å². The maximum absolute atomic E-state index is 12.2. The number of nitro benzene ring substituents is 1. The molecule has 2 aromatic rings. The molecule has 10 nitrogen and oxygen atoms in total. The Hall–Kier alpha value is -3.47. The Morgan fingerprint density at radius 3 is 2.64 bits per heavy atom. The van der Waals surface area contributed by atoms with E-state index in [2.05, 4.69) is 5.32 Å². The summed E-state index contributed by atoms with van der Waals surface area (Å²) in [4.78, 5) is 46.2. The highest BCUT2D eigenvalue weighted by Gasteiger charge is 2.24. The number of thiophene rings is 1. The van der Waals surface area contributed by atoms with Crippen LogP contribution in [0.5, 0.6) is 5.75 Å². The van der Waals surface area contributed by atoms with Gasteiger partial charge in [-0.2, -0.15) is 0 Å². The zero-order valence-corrected chi connectivity index (χ0v) is 15.8. The lowest BCUT2D eigenvalue weighted by molar-refractivity contribution is -0.385. The molecule has 2 rings (SSSR count). The third-order valence-corrected chi connectivity index (χ3v) is 4.34. The molecule has 148 valence electrons. The van der Waals surface area contributed by atoms with Crippen molar-refractivity contribution in [1.29, 1.82) is 0 Å². The molecule has 0 bridgehead atoms. The Balaban J connectivity index is 2.10. The normalized spacial score (nSPS) is 11.4. The maximum atomic E-state index is 12.2. The third kappa shape index (κ3) is 4.82. The Bertz CT molecular complexity index is 925. The average molecular weight is 407 g/mol. The van der Waals surface area contributed by atoms with Crippen LogP contribution < -0.4 is 15.8 Å². The summed E-state index contributed by atoms with van der Waals surface area (Å²) in [5.41, 5.74) is 4.85. The predicted octanol–water partition coefficient (Wildman–Crippen LogP) is 2.34. The molecule has 0 aliphatic carbocycles. The number of nitro groups is 1. The molecule has 1 aromatic carbocycles. The molecule has 0 spiro atoms. The quantitative estimate of drug-likeness (QED) is 0.387. The van der Waals surface area contributed by atoms with E-state index < -0.39 is 34.5 Å². The van der Waals surface area contributed by atoms with Crippen LogP contribution in [-0.4, -0.2) is 35.4 Å². The van der Waals surface area contributed by atoms with Crippen molar-refractivity contribution in [3.8, 4) is 5.75 Å². The summed E-state index contributed by atoms with van der Waals surface area (Å²) >= 11 is 1.09. The molecule has 2 amide bonds. The number of rotatable bonds is 8. The molecule has 11 heteroatoms. The van der Waals surface area contributed by atoms with Crippen LogP contribution in [-0.2, 0) is 9.53 Å². The van der Waals surface area contributed by atoms with Gasteiger partial charge in [0.2, 0.25) is 0 Å². The van der Waals surface area contributed by atoms with Gasteiger partial charge in [-0.15, -0.1) is 11.3 Å². The molecule has 3 N–H and O–H groups in total. The Kier molecular flexibility index (Phi) is 6.66. The lowest BCUT2D eigenvalue weighted by Crippen LogP contribution is -2.30. The van der Waals surface area contributed by atoms with Crippen molar-refractivity contribution >= 4 is 39.8 Å². The van der Waals surface area contributed by atoms with Crippen molar-refractivity contribution < 1.29 is 28.8 Å². The van der Waals surface area contributed by atoms with Crippen molar-refractivity contribution in [3.05, 3.63) is 50.9 Å². The van der Waals surface area contributed by atoms with E-state index in [1.807, 2.05) is 0 Å². The number of esters is 1. The molecule has 0 radical (unpaired) electrons. The standard InChI is InChI=1S/C17H17N3O7S/c1-3-26-13-5-4-10(8-12(13)20(24)25)17(23)27-9(2)15(22)19-16-11(14(18)21)6-7-28-16/h4-9H,3H2,1-2H3,(H2,18,21)(H,19,22). The Morgan fingerprint density at radius 2 is 2.04 bits per heavy atom. The van der Waals surface area contributed by atoms with Crippen molar-refractivity contribution in [1.82, 2.24) is 0 Å². The van der Waals surface area contributed by atoms with Crippen LogP contribution in [0.25, 0.3) is 0 Å². The summed E-state index contributed by atoms with van der Waals surface area (Å²) in [7, 11) is 0. The fraction of sp³-hybridized carbons (Fsp3) is 0.235. The number of carbonyl (C=O) groups is 3. The minimum absolute atomic E-state index is 0.0199. The van der Waals surface area contributed by atoms with E-state index in [0.717, 1.165) is 17.4 Å². The minimum atomic E-state index is -1.22. The maximum Gasteiger partial charge on any atom is 0.339 e. The molecule has 1 aromatic heterocycles. The van der Waals surface area contributed by atoms with Crippen LogP contribution in [0.3, 0.4) is 0 Å². The lowest BCUT2D eigenvalue weighted by atomic mass is 10.2. The molecule has 0 aliphatic rings. The number of hydrogen-bond acceptors (Lipinski definition) is 8. The second-order valence-electron chi connectivity index (χ2n) is 5.44. The number of carbonyl (C=O) groups excluding carboxylic acids is 3. The number of hydrogen-bond donors (Lipinski definition) is 2. The largest absolute Gasteiger partial charge is 0.487 e. The van der Waals surface area contributed by atoms with Gasteiger partial charge < -0.3 is 20.5 Å². The first-order valence-corrected chi connectivity index (χ1v) is 8.93. The fourth-order valence-electron chi connectivity index (χ4n) is 2.16. The second kappa shape index (κ2) is 8.95. The molecule has 1 atom stereocenters. The highest BCUT2D eigenvalue weighted by atomic mass is 32.1. The molecular formula is C17H17N3O7S.